The lowest BCUT2D eigenvalue weighted by Crippen LogP contribution is -2.15. The van der Waals surface area contributed by atoms with Gasteiger partial charge in [0.2, 0.25) is 5.91 Å². The largest absolute Gasteiger partial charge is 0.325 e. The first kappa shape index (κ1) is 15.6. The van der Waals surface area contributed by atoms with Gasteiger partial charge in [-0.15, -0.1) is 10.2 Å². The molecule has 2 saturated carbocycles. The molecule has 2 aromatic rings. The summed E-state index contributed by atoms with van der Waals surface area (Å²) in [4.78, 5) is 12.1. The van der Waals surface area contributed by atoms with E-state index in [4.69, 9.17) is 0 Å². The van der Waals surface area contributed by atoms with Gasteiger partial charge in [-0.3, -0.25) is 4.79 Å². The highest BCUT2D eigenvalue weighted by atomic mass is 32.2. The lowest BCUT2D eigenvalue weighted by molar-refractivity contribution is -0.113. The predicted octanol–water partition coefficient (Wildman–Crippen LogP) is 3.67. The number of hydrogen-bond acceptors (Lipinski definition) is 4. The highest BCUT2D eigenvalue weighted by Gasteiger charge is 2.36. The molecule has 0 bridgehead atoms. The molecule has 0 aliphatic heterocycles. The van der Waals surface area contributed by atoms with E-state index in [9.17, 15) is 9.18 Å². The Balaban J connectivity index is 1.39. The molecule has 4 rings (SSSR count). The fourth-order valence-corrected chi connectivity index (χ4v) is 3.49. The number of carbonyl (C=O) groups excluding carboxylic acids is 1. The van der Waals surface area contributed by atoms with E-state index in [1.54, 1.807) is 19.1 Å². The second kappa shape index (κ2) is 6.20. The maximum Gasteiger partial charge on any atom is 0.234 e. The third-order valence-corrected chi connectivity index (χ3v) is 5.28. The Labute approximate surface area is 144 Å². The van der Waals surface area contributed by atoms with Crippen molar-refractivity contribution in [3.63, 3.8) is 0 Å². The summed E-state index contributed by atoms with van der Waals surface area (Å²) in [6.07, 6.45) is 4.71. The molecule has 0 spiro atoms. The van der Waals surface area contributed by atoms with E-state index in [0.717, 1.165) is 11.0 Å². The summed E-state index contributed by atoms with van der Waals surface area (Å²) in [5, 5.41) is 12.2. The molecule has 1 aromatic heterocycles. The van der Waals surface area contributed by atoms with Crippen LogP contribution in [0.1, 0.15) is 49.0 Å². The van der Waals surface area contributed by atoms with Gasteiger partial charge in [0.25, 0.3) is 0 Å². The van der Waals surface area contributed by atoms with Crippen LogP contribution >= 0.6 is 11.8 Å². The molecular weight excluding hydrogens is 327 g/mol. The number of rotatable bonds is 6. The first-order valence-electron chi connectivity index (χ1n) is 8.25. The third-order valence-electron chi connectivity index (χ3n) is 4.33. The minimum Gasteiger partial charge on any atom is -0.325 e. The van der Waals surface area contributed by atoms with E-state index in [-0.39, 0.29) is 17.5 Å². The third kappa shape index (κ3) is 3.31. The number of aryl methyl sites for hydroxylation is 1. The number of halogens is 1. The number of hydrogen-bond donors (Lipinski definition) is 1. The SMILES string of the molecule is Cc1ccc(NC(=O)CSc2nnc(C3CC3)n2C2CC2)cc1F. The van der Waals surface area contributed by atoms with Crippen LogP contribution in [0.15, 0.2) is 23.4 Å². The maximum atomic E-state index is 13.5. The molecule has 0 unspecified atom stereocenters. The lowest BCUT2D eigenvalue weighted by Gasteiger charge is -2.09. The molecule has 1 amide bonds. The molecule has 5 nitrogen and oxygen atoms in total. The summed E-state index contributed by atoms with van der Waals surface area (Å²) in [6.45, 7) is 1.69. The average molecular weight is 346 g/mol. The van der Waals surface area contributed by atoms with Crippen LogP contribution in [-0.2, 0) is 4.79 Å². The zero-order chi connectivity index (χ0) is 16.7. The number of anilines is 1. The van der Waals surface area contributed by atoms with Gasteiger partial charge in [0.1, 0.15) is 11.6 Å². The van der Waals surface area contributed by atoms with Crippen LogP contribution in [0.5, 0.6) is 0 Å². The normalized spacial score (nSPS) is 17.1. The number of nitrogens with one attached hydrogen (secondary N) is 1. The smallest absolute Gasteiger partial charge is 0.234 e. The minimum absolute atomic E-state index is 0.165. The second-order valence-electron chi connectivity index (χ2n) is 6.52. The van der Waals surface area contributed by atoms with E-state index in [0.29, 0.717) is 23.2 Å². The van der Waals surface area contributed by atoms with E-state index in [1.807, 2.05) is 0 Å². The van der Waals surface area contributed by atoms with E-state index < -0.39 is 0 Å². The molecule has 0 saturated heterocycles. The summed E-state index contributed by atoms with van der Waals surface area (Å²) in [6, 6.07) is 5.21. The Morgan fingerprint density at radius 2 is 2.12 bits per heavy atom. The monoisotopic (exact) mass is 346 g/mol. The molecule has 2 aliphatic carbocycles. The topological polar surface area (TPSA) is 59.8 Å². The Kier molecular flexibility index (Phi) is 4.04. The molecule has 7 heteroatoms. The first-order valence-corrected chi connectivity index (χ1v) is 9.24. The van der Waals surface area contributed by atoms with Crippen LogP contribution in [0.2, 0.25) is 0 Å². The summed E-state index contributed by atoms with van der Waals surface area (Å²) >= 11 is 1.40. The molecule has 1 N–H and O–H groups in total. The molecule has 126 valence electrons. The van der Waals surface area contributed by atoms with Crippen molar-refractivity contribution in [3.05, 3.63) is 35.4 Å². The summed E-state index contributed by atoms with van der Waals surface area (Å²) in [5.41, 5.74) is 1.04. The maximum absolute atomic E-state index is 13.5. The van der Waals surface area contributed by atoms with Gasteiger partial charge in [0.05, 0.1) is 5.75 Å². The summed E-state index contributed by atoms with van der Waals surface area (Å²) in [7, 11) is 0. The summed E-state index contributed by atoms with van der Waals surface area (Å²) in [5.74, 6) is 1.40. The van der Waals surface area contributed by atoms with Gasteiger partial charge >= 0.3 is 0 Å². The van der Waals surface area contributed by atoms with Crippen molar-refractivity contribution in [2.75, 3.05) is 11.1 Å². The van der Waals surface area contributed by atoms with Crippen LogP contribution in [0.25, 0.3) is 0 Å². The molecule has 1 aromatic carbocycles. The highest BCUT2D eigenvalue weighted by Crippen LogP contribution is 2.45. The molecule has 0 atom stereocenters. The number of amides is 1. The van der Waals surface area contributed by atoms with E-state index in [2.05, 4.69) is 20.1 Å². The quantitative estimate of drug-likeness (QED) is 0.811. The van der Waals surface area contributed by atoms with Crippen molar-refractivity contribution < 1.29 is 9.18 Å². The van der Waals surface area contributed by atoms with Crippen LogP contribution in [0.4, 0.5) is 10.1 Å². The van der Waals surface area contributed by atoms with E-state index in [1.165, 1.54) is 43.5 Å². The van der Waals surface area contributed by atoms with Gasteiger partial charge in [0, 0.05) is 17.6 Å². The van der Waals surface area contributed by atoms with Crippen LogP contribution in [0, 0.1) is 12.7 Å². The van der Waals surface area contributed by atoms with Crippen molar-refractivity contribution in [3.8, 4) is 0 Å². The summed E-state index contributed by atoms with van der Waals surface area (Å²) < 4.78 is 15.8. The van der Waals surface area contributed by atoms with Crippen molar-refractivity contribution in [1.82, 2.24) is 14.8 Å². The molecule has 0 radical (unpaired) electrons. The minimum atomic E-state index is -0.317. The van der Waals surface area contributed by atoms with Gasteiger partial charge in [-0.1, -0.05) is 17.8 Å². The average Bonchev–Trinajstić information content (AvgIpc) is 3.48. The van der Waals surface area contributed by atoms with Crippen molar-refractivity contribution in [2.24, 2.45) is 0 Å². The lowest BCUT2D eigenvalue weighted by atomic mass is 10.2. The Morgan fingerprint density at radius 1 is 1.33 bits per heavy atom. The van der Waals surface area contributed by atoms with Gasteiger partial charge in [0.15, 0.2) is 5.16 Å². The number of carbonyl (C=O) groups is 1. The number of nitrogens with zero attached hydrogens (tertiary/aromatic N) is 3. The van der Waals surface area contributed by atoms with Crippen LogP contribution in [0.3, 0.4) is 0 Å². The standard InChI is InChI=1S/C17H19FN4OS/c1-10-2-5-12(8-14(10)18)19-15(23)9-24-17-21-20-16(11-3-4-11)22(17)13-6-7-13/h2,5,8,11,13H,3-4,6-7,9H2,1H3,(H,19,23). The van der Waals surface area contributed by atoms with Crippen LogP contribution in [-0.4, -0.2) is 26.4 Å². The highest BCUT2D eigenvalue weighted by molar-refractivity contribution is 7.99. The Bertz CT molecular complexity index is 783. The van der Waals surface area contributed by atoms with Crippen molar-refractivity contribution >= 4 is 23.4 Å². The van der Waals surface area contributed by atoms with Crippen LogP contribution < -0.4 is 5.32 Å². The first-order chi connectivity index (χ1) is 11.6. The molecule has 1 heterocycles. The molecular formula is C17H19FN4OS. The van der Waals surface area contributed by atoms with E-state index >= 15 is 0 Å². The fourth-order valence-electron chi connectivity index (χ4n) is 2.68. The zero-order valence-corrected chi connectivity index (χ0v) is 14.3. The second-order valence-corrected chi connectivity index (χ2v) is 7.46. The van der Waals surface area contributed by atoms with Gasteiger partial charge in [-0.25, -0.2) is 4.39 Å². The van der Waals surface area contributed by atoms with Gasteiger partial charge in [-0.05, 0) is 50.3 Å². The molecule has 2 fully saturated rings. The Morgan fingerprint density at radius 3 is 2.79 bits per heavy atom. The number of thioether (sulfide) groups is 1. The number of benzene rings is 1. The predicted molar refractivity (Wildman–Crippen MR) is 90.8 cm³/mol. The molecule has 2 aliphatic rings. The zero-order valence-electron chi connectivity index (χ0n) is 13.5. The van der Waals surface area contributed by atoms with Gasteiger partial charge in [-0.2, -0.15) is 0 Å². The Hall–Kier alpha value is -1.89. The fraction of sp³-hybridized carbons (Fsp3) is 0.471. The van der Waals surface area contributed by atoms with Crippen molar-refractivity contribution in [2.45, 2.75) is 49.7 Å². The number of aromatic nitrogens is 3. The van der Waals surface area contributed by atoms with Crippen molar-refractivity contribution in [1.29, 1.82) is 0 Å². The van der Waals surface area contributed by atoms with Gasteiger partial charge < -0.3 is 9.88 Å². The molecule has 24 heavy (non-hydrogen) atoms.